The molecule has 0 fully saturated rings. The van der Waals surface area contributed by atoms with Crippen LogP contribution in [0.4, 0.5) is 0 Å². The van der Waals surface area contributed by atoms with Crippen LogP contribution in [-0.4, -0.2) is 25.2 Å². The Kier molecular flexibility index (Phi) is 6.95. The van der Waals surface area contributed by atoms with E-state index in [9.17, 15) is 9.59 Å². The lowest BCUT2D eigenvalue weighted by atomic mass is 10.1. The Hall–Kier alpha value is -1.56. The van der Waals surface area contributed by atoms with Gasteiger partial charge in [0, 0.05) is 0 Å². The number of hydrogen-bond acceptors (Lipinski definition) is 6. The lowest BCUT2D eigenvalue weighted by Crippen LogP contribution is -2.20. The largest absolute Gasteiger partial charge is 0.486 e. The van der Waals surface area contributed by atoms with Crippen molar-refractivity contribution in [3.05, 3.63) is 11.3 Å². The molecule has 0 atom stereocenters. The first-order valence-electron chi connectivity index (χ1n) is 5.06. The van der Waals surface area contributed by atoms with E-state index in [-0.39, 0.29) is 24.5 Å². The number of nitrogens with two attached hydrogens (primary N) is 1. The van der Waals surface area contributed by atoms with Gasteiger partial charge in [0.15, 0.2) is 0 Å². The summed E-state index contributed by atoms with van der Waals surface area (Å²) in [7, 11) is 0. The van der Waals surface area contributed by atoms with Crippen LogP contribution in [-0.2, 0) is 23.9 Å². The van der Waals surface area contributed by atoms with E-state index in [0.717, 1.165) is 0 Å². The molecule has 0 radical (unpaired) electrons. The fourth-order valence-corrected chi connectivity index (χ4v) is 1.08. The number of esters is 1. The van der Waals surface area contributed by atoms with Crippen molar-refractivity contribution < 1.29 is 23.9 Å². The Morgan fingerprint density at radius 1 is 1.00 bits per heavy atom. The van der Waals surface area contributed by atoms with Gasteiger partial charge in [0.1, 0.15) is 0 Å². The minimum atomic E-state index is -0.883. The molecule has 0 saturated carbocycles. The van der Waals surface area contributed by atoms with Crippen molar-refractivity contribution in [2.75, 3.05) is 13.2 Å². The van der Waals surface area contributed by atoms with Crippen molar-refractivity contribution >= 4 is 11.9 Å². The van der Waals surface area contributed by atoms with E-state index >= 15 is 0 Å². The van der Waals surface area contributed by atoms with Gasteiger partial charge in [0.25, 0.3) is 0 Å². The smallest absolute Gasteiger partial charge is 0.392 e. The monoisotopic (exact) mass is 231 g/mol. The van der Waals surface area contributed by atoms with E-state index in [1.54, 1.807) is 20.8 Å². The topological polar surface area (TPSA) is 87.8 Å². The van der Waals surface area contributed by atoms with E-state index in [1.807, 2.05) is 0 Å². The van der Waals surface area contributed by atoms with Crippen molar-refractivity contribution in [3.8, 4) is 0 Å². The molecule has 0 aromatic carbocycles. The van der Waals surface area contributed by atoms with E-state index in [1.165, 1.54) is 0 Å². The third kappa shape index (κ3) is 3.90. The average molecular weight is 231 g/mol. The van der Waals surface area contributed by atoms with E-state index in [0.29, 0.717) is 6.42 Å². The molecule has 0 heterocycles. The molecule has 0 saturated heterocycles. The Morgan fingerprint density at radius 2 is 1.56 bits per heavy atom. The van der Waals surface area contributed by atoms with Gasteiger partial charge < -0.3 is 14.3 Å². The van der Waals surface area contributed by atoms with Gasteiger partial charge >= 0.3 is 11.9 Å². The van der Waals surface area contributed by atoms with Crippen molar-refractivity contribution in [2.24, 2.45) is 5.90 Å². The highest BCUT2D eigenvalue weighted by Crippen LogP contribution is 2.13. The van der Waals surface area contributed by atoms with Crippen molar-refractivity contribution in [1.29, 1.82) is 0 Å². The minimum absolute atomic E-state index is 0.124. The second-order valence-corrected chi connectivity index (χ2v) is 2.72. The first-order valence-corrected chi connectivity index (χ1v) is 5.06. The predicted octanol–water partition coefficient (Wildman–Crippen LogP) is 0.667. The molecule has 0 aliphatic heterocycles. The molecule has 2 N–H and O–H groups in total. The van der Waals surface area contributed by atoms with Crippen LogP contribution < -0.4 is 5.90 Å². The number of hydrogen-bond donors (Lipinski definition) is 1. The zero-order valence-electron chi connectivity index (χ0n) is 9.74. The number of rotatable bonds is 6. The van der Waals surface area contributed by atoms with E-state index in [4.69, 9.17) is 15.4 Å². The molecule has 0 unspecified atom stereocenters. The zero-order chi connectivity index (χ0) is 12.6. The van der Waals surface area contributed by atoms with Crippen LogP contribution in [0.2, 0.25) is 0 Å². The van der Waals surface area contributed by atoms with E-state index in [2.05, 4.69) is 4.84 Å². The molecule has 0 aliphatic carbocycles. The summed E-state index contributed by atoms with van der Waals surface area (Å²) in [5.74, 6) is 3.08. The van der Waals surface area contributed by atoms with Crippen LogP contribution in [0.5, 0.6) is 0 Å². The summed E-state index contributed by atoms with van der Waals surface area (Å²) >= 11 is 0. The molecule has 0 rings (SSSR count). The molecular formula is C10H17NO5. The fraction of sp³-hybridized carbons (Fsp3) is 0.600. The molecule has 6 heteroatoms. The summed E-state index contributed by atoms with van der Waals surface area (Å²) < 4.78 is 9.83. The summed E-state index contributed by atoms with van der Waals surface area (Å²) in [5.41, 5.74) is 0.124. The van der Waals surface area contributed by atoms with Gasteiger partial charge in [-0.2, -0.15) is 5.90 Å². The molecule has 92 valence electrons. The number of carbonyl (C=O) groups is 2. The van der Waals surface area contributed by atoms with Gasteiger partial charge in [-0.25, -0.2) is 9.59 Å². The second-order valence-electron chi connectivity index (χ2n) is 2.72. The third-order valence-corrected chi connectivity index (χ3v) is 1.73. The second kappa shape index (κ2) is 7.70. The molecule has 0 spiro atoms. The highest BCUT2D eigenvalue weighted by molar-refractivity contribution is 5.98. The molecule has 0 aromatic rings. The summed E-state index contributed by atoms with van der Waals surface area (Å²) in [6.07, 6.45) is 0.295. The van der Waals surface area contributed by atoms with Crippen LogP contribution in [0.15, 0.2) is 11.3 Å². The summed E-state index contributed by atoms with van der Waals surface area (Å²) in [6, 6.07) is 0. The van der Waals surface area contributed by atoms with Crippen LogP contribution in [0.25, 0.3) is 0 Å². The zero-order valence-corrected chi connectivity index (χ0v) is 9.74. The van der Waals surface area contributed by atoms with Gasteiger partial charge in [-0.1, -0.05) is 6.92 Å². The molecule has 0 bridgehead atoms. The molecule has 6 nitrogen and oxygen atoms in total. The first-order chi connectivity index (χ1) is 7.62. The predicted molar refractivity (Wildman–Crippen MR) is 55.9 cm³/mol. The van der Waals surface area contributed by atoms with Gasteiger partial charge in [-0.05, 0) is 20.3 Å². The molecule has 16 heavy (non-hydrogen) atoms. The Morgan fingerprint density at radius 3 is 1.94 bits per heavy atom. The van der Waals surface area contributed by atoms with Gasteiger partial charge in [-0.3, -0.25) is 0 Å². The summed E-state index contributed by atoms with van der Waals surface area (Å²) in [4.78, 5) is 26.8. The van der Waals surface area contributed by atoms with Gasteiger partial charge in [0.2, 0.25) is 5.76 Å². The average Bonchev–Trinajstić information content (AvgIpc) is 2.28. The standard InChI is InChI=1S/C10H17NO5/c1-4-7(9(12)15-6-3)8(14-5-2)10(13)16-11/h4-6,11H2,1-3H3/b8-7-. The van der Waals surface area contributed by atoms with Gasteiger partial charge in [0.05, 0.1) is 18.8 Å². The van der Waals surface area contributed by atoms with Crippen molar-refractivity contribution in [1.82, 2.24) is 0 Å². The third-order valence-electron chi connectivity index (χ3n) is 1.73. The first kappa shape index (κ1) is 14.4. The maximum absolute atomic E-state index is 11.5. The lowest BCUT2D eigenvalue weighted by Gasteiger charge is -2.11. The van der Waals surface area contributed by atoms with E-state index < -0.39 is 11.9 Å². The van der Waals surface area contributed by atoms with Crippen molar-refractivity contribution in [3.63, 3.8) is 0 Å². The lowest BCUT2D eigenvalue weighted by molar-refractivity contribution is -0.146. The van der Waals surface area contributed by atoms with Gasteiger partial charge in [-0.15, -0.1) is 0 Å². The van der Waals surface area contributed by atoms with Crippen LogP contribution >= 0.6 is 0 Å². The quantitative estimate of drug-likeness (QED) is 0.313. The SMILES string of the molecule is CCOC(=O)/C(CC)=C(\OCC)C(=O)ON. The molecular weight excluding hydrogens is 214 g/mol. The Balaban J connectivity index is 5.14. The summed E-state index contributed by atoms with van der Waals surface area (Å²) in [5, 5.41) is 0. The highest BCUT2D eigenvalue weighted by Gasteiger charge is 2.23. The van der Waals surface area contributed by atoms with Crippen LogP contribution in [0.3, 0.4) is 0 Å². The maximum atomic E-state index is 11.5. The van der Waals surface area contributed by atoms with Crippen molar-refractivity contribution in [2.45, 2.75) is 27.2 Å². The number of carbonyl (C=O) groups excluding carboxylic acids is 2. The minimum Gasteiger partial charge on any atom is -0.486 e. The normalized spacial score (nSPS) is 11.5. The summed E-state index contributed by atoms with van der Waals surface area (Å²) in [6.45, 7) is 5.51. The molecule has 0 aromatic heterocycles. The number of ether oxygens (including phenoxy) is 2. The van der Waals surface area contributed by atoms with Crippen LogP contribution in [0.1, 0.15) is 27.2 Å². The molecule has 0 aliphatic rings. The molecule has 0 amide bonds. The highest BCUT2D eigenvalue weighted by atomic mass is 16.7. The fourth-order valence-electron chi connectivity index (χ4n) is 1.08. The maximum Gasteiger partial charge on any atom is 0.392 e. The Labute approximate surface area is 94.3 Å². The van der Waals surface area contributed by atoms with Crippen LogP contribution in [0, 0.1) is 0 Å². The Bertz CT molecular complexity index is 285.